The molecule has 0 bridgehead atoms. The standard InChI is InChI=1S/C30H31N3O5/c1-36-25-12-11-22(18-26(25)37-2)28-29(34)23(20-33(30(28)35)19-21-7-4-3-5-8-21)17-24-9-6-10-27(31-24)32-13-15-38-16-14-32/h3-12,17-18,34H,13-16,19-20H2,1-2H3. The van der Waals surface area contributed by atoms with Gasteiger partial charge < -0.3 is 29.1 Å². The van der Waals surface area contributed by atoms with Crippen LogP contribution in [-0.2, 0) is 16.1 Å². The molecule has 38 heavy (non-hydrogen) atoms. The highest BCUT2D eigenvalue weighted by molar-refractivity contribution is 6.22. The minimum absolute atomic E-state index is 0.0647. The van der Waals surface area contributed by atoms with E-state index in [2.05, 4.69) is 4.90 Å². The molecule has 1 N–H and O–H groups in total. The minimum Gasteiger partial charge on any atom is -0.507 e. The molecular weight excluding hydrogens is 482 g/mol. The lowest BCUT2D eigenvalue weighted by Crippen LogP contribution is -2.37. The van der Waals surface area contributed by atoms with E-state index in [-0.39, 0.29) is 23.8 Å². The Hall–Kier alpha value is -4.30. The van der Waals surface area contributed by atoms with Crippen molar-refractivity contribution >= 4 is 23.4 Å². The van der Waals surface area contributed by atoms with Crippen LogP contribution in [0.15, 0.2) is 78.1 Å². The Labute approximate surface area is 222 Å². The molecule has 1 fully saturated rings. The van der Waals surface area contributed by atoms with Crippen LogP contribution in [0, 0.1) is 0 Å². The number of carbonyl (C=O) groups excluding carboxylic acids is 1. The van der Waals surface area contributed by atoms with E-state index in [9.17, 15) is 9.90 Å². The number of methoxy groups -OCH3 is 2. The maximum absolute atomic E-state index is 13.7. The van der Waals surface area contributed by atoms with E-state index in [1.165, 1.54) is 0 Å². The Bertz CT molecular complexity index is 1360. The lowest BCUT2D eigenvalue weighted by molar-refractivity contribution is -0.125. The highest BCUT2D eigenvalue weighted by atomic mass is 16.5. The fourth-order valence-corrected chi connectivity index (χ4v) is 4.74. The number of pyridine rings is 1. The van der Waals surface area contributed by atoms with Gasteiger partial charge in [-0.3, -0.25) is 4.79 Å². The second-order valence-corrected chi connectivity index (χ2v) is 9.13. The molecule has 3 heterocycles. The lowest BCUT2D eigenvalue weighted by atomic mass is 9.94. The van der Waals surface area contributed by atoms with Crippen LogP contribution >= 0.6 is 0 Å². The molecule has 0 spiro atoms. The number of ether oxygens (including phenoxy) is 3. The molecule has 8 heteroatoms. The number of carbonyl (C=O) groups is 1. The topological polar surface area (TPSA) is 84.4 Å². The van der Waals surface area contributed by atoms with Crippen LogP contribution in [0.3, 0.4) is 0 Å². The summed E-state index contributed by atoms with van der Waals surface area (Å²) in [6, 6.07) is 20.8. The number of amides is 1. The van der Waals surface area contributed by atoms with Crippen LogP contribution in [0.5, 0.6) is 11.5 Å². The average molecular weight is 514 g/mol. The molecule has 5 rings (SSSR count). The van der Waals surface area contributed by atoms with E-state index < -0.39 is 0 Å². The van der Waals surface area contributed by atoms with E-state index in [4.69, 9.17) is 19.2 Å². The third-order valence-corrected chi connectivity index (χ3v) is 6.70. The lowest BCUT2D eigenvalue weighted by Gasteiger charge is -2.31. The van der Waals surface area contributed by atoms with Gasteiger partial charge in [-0.2, -0.15) is 0 Å². The van der Waals surface area contributed by atoms with Gasteiger partial charge in [0.1, 0.15) is 11.6 Å². The maximum atomic E-state index is 13.7. The first-order chi connectivity index (χ1) is 18.6. The van der Waals surface area contributed by atoms with Crippen molar-refractivity contribution in [1.29, 1.82) is 0 Å². The average Bonchev–Trinajstić information content (AvgIpc) is 2.96. The minimum atomic E-state index is -0.259. The molecule has 3 aromatic rings. The summed E-state index contributed by atoms with van der Waals surface area (Å²) in [6.07, 6.45) is 1.85. The van der Waals surface area contributed by atoms with Crippen molar-refractivity contribution in [2.45, 2.75) is 6.54 Å². The van der Waals surface area contributed by atoms with Gasteiger partial charge in [0, 0.05) is 25.2 Å². The van der Waals surface area contributed by atoms with Gasteiger partial charge in [0.2, 0.25) is 0 Å². The second kappa shape index (κ2) is 11.4. The Morgan fingerprint density at radius 3 is 2.47 bits per heavy atom. The number of rotatable bonds is 7. The van der Waals surface area contributed by atoms with Gasteiger partial charge in [-0.1, -0.05) is 42.5 Å². The monoisotopic (exact) mass is 513 g/mol. The van der Waals surface area contributed by atoms with Crippen LogP contribution in [-0.4, -0.2) is 68.0 Å². The Kier molecular flexibility index (Phi) is 7.60. The van der Waals surface area contributed by atoms with Gasteiger partial charge in [-0.25, -0.2) is 4.98 Å². The number of hydrogen-bond acceptors (Lipinski definition) is 7. The van der Waals surface area contributed by atoms with Crippen LogP contribution in [0.25, 0.3) is 11.6 Å². The summed E-state index contributed by atoms with van der Waals surface area (Å²) in [5.41, 5.74) is 3.07. The third-order valence-electron chi connectivity index (χ3n) is 6.70. The zero-order valence-electron chi connectivity index (χ0n) is 21.6. The van der Waals surface area contributed by atoms with Crippen molar-refractivity contribution in [3.63, 3.8) is 0 Å². The van der Waals surface area contributed by atoms with Crippen LogP contribution in [0.4, 0.5) is 5.82 Å². The molecule has 8 nitrogen and oxygen atoms in total. The first-order valence-corrected chi connectivity index (χ1v) is 12.6. The maximum Gasteiger partial charge on any atom is 0.258 e. The second-order valence-electron chi connectivity index (χ2n) is 9.13. The van der Waals surface area contributed by atoms with Crippen LogP contribution < -0.4 is 14.4 Å². The van der Waals surface area contributed by atoms with E-state index in [1.807, 2.05) is 54.6 Å². The van der Waals surface area contributed by atoms with Gasteiger partial charge in [0.15, 0.2) is 11.5 Å². The number of hydrogen-bond donors (Lipinski definition) is 1. The highest BCUT2D eigenvalue weighted by Gasteiger charge is 2.32. The first-order valence-electron chi connectivity index (χ1n) is 12.6. The van der Waals surface area contributed by atoms with Crippen molar-refractivity contribution in [1.82, 2.24) is 9.88 Å². The molecule has 0 radical (unpaired) electrons. The van der Waals surface area contributed by atoms with Crippen molar-refractivity contribution in [2.75, 3.05) is 52.0 Å². The van der Waals surface area contributed by atoms with Gasteiger partial charge in [-0.05, 0) is 41.5 Å². The third kappa shape index (κ3) is 5.35. The molecule has 0 saturated carbocycles. The normalized spacial score (nSPS) is 17.2. The molecule has 1 aromatic heterocycles. The quantitative estimate of drug-likeness (QED) is 0.503. The Morgan fingerprint density at radius 2 is 1.74 bits per heavy atom. The zero-order valence-corrected chi connectivity index (χ0v) is 21.6. The Morgan fingerprint density at radius 1 is 0.974 bits per heavy atom. The number of aliphatic hydroxyl groups is 1. The van der Waals surface area contributed by atoms with Gasteiger partial charge in [0.25, 0.3) is 5.91 Å². The van der Waals surface area contributed by atoms with E-state index >= 15 is 0 Å². The summed E-state index contributed by atoms with van der Waals surface area (Å²) >= 11 is 0. The molecule has 1 saturated heterocycles. The Balaban J connectivity index is 1.56. The van der Waals surface area contributed by atoms with E-state index in [1.54, 1.807) is 37.3 Å². The molecule has 0 aliphatic carbocycles. The number of aliphatic hydroxyl groups excluding tert-OH is 1. The van der Waals surface area contributed by atoms with Gasteiger partial charge >= 0.3 is 0 Å². The predicted octanol–water partition coefficient (Wildman–Crippen LogP) is 4.33. The summed E-state index contributed by atoms with van der Waals surface area (Å²) in [6.45, 7) is 3.55. The molecule has 1 amide bonds. The first kappa shape index (κ1) is 25.4. The summed E-state index contributed by atoms with van der Waals surface area (Å²) in [5.74, 6) is 1.56. The predicted molar refractivity (Wildman–Crippen MR) is 146 cm³/mol. The van der Waals surface area contributed by atoms with Crippen molar-refractivity contribution in [3.8, 4) is 11.5 Å². The number of nitrogens with zero attached hydrogens (tertiary/aromatic N) is 3. The smallest absolute Gasteiger partial charge is 0.258 e. The fourth-order valence-electron chi connectivity index (χ4n) is 4.74. The van der Waals surface area contributed by atoms with Crippen molar-refractivity contribution in [2.24, 2.45) is 0 Å². The molecule has 2 aliphatic heterocycles. The van der Waals surface area contributed by atoms with Gasteiger partial charge in [0.05, 0.1) is 45.2 Å². The zero-order chi connectivity index (χ0) is 26.5. The SMILES string of the molecule is COc1ccc(C2=C(O)C(=Cc3cccc(N4CCOCC4)n3)CN(Cc3ccccc3)C2=O)cc1OC. The molecule has 0 unspecified atom stereocenters. The van der Waals surface area contributed by atoms with E-state index in [0.717, 1.165) is 24.5 Å². The summed E-state index contributed by atoms with van der Waals surface area (Å²) < 4.78 is 16.3. The summed E-state index contributed by atoms with van der Waals surface area (Å²) in [5, 5.41) is 11.4. The number of aromatic nitrogens is 1. The summed E-state index contributed by atoms with van der Waals surface area (Å²) in [7, 11) is 3.10. The van der Waals surface area contributed by atoms with Crippen LogP contribution in [0.2, 0.25) is 0 Å². The number of morpholine rings is 1. The largest absolute Gasteiger partial charge is 0.507 e. The number of benzene rings is 2. The highest BCUT2D eigenvalue weighted by Crippen LogP contribution is 2.36. The van der Waals surface area contributed by atoms with Crippen molar-refractivity contribution < 1.29 is 24.1 Å². The van der Waals surface area contributed by atoms with Crippen LogP contribution in [0.1, 0.15) is 16.8 Å². The molecule has 2 aromatic carbocycles. The summed E-state index contributed by atoms with van der Waals surface area (Å²) in [4.78, 5) is 22.5. The van der Waals surface area contributed by atoms with E-state index in [0.29, 0.717) is 48.1 Å². The number of anilines is 1. The molecular formula is C30H31N3O5. The van der Waals surface area contributed by atoms with Crippen molar-refractivity contribution in [3.05, 3.63) is 94.9 Å². The van der Waals surface area contributed by atoms with Gasteiger partial charge in [-0.15, -0.1) is 0 Å². The molecule has 2 aliphatic rings. The molecule has 0 atom stereocenters. The molecule has 196 valence electrons. The fraction of sp³-hybridized carbons (Fsp3) is 0.267.